The molecule has 2 amide bonds. The molecule has 19 heavy (non-hydrogen) atoms. The number of nitrogens with two attached hydrogens (primary N) is 1. The molecular weight excluding hydrogens is 250 g/mol. The van der Waals surface area contributed by atoms with Gasteiger partial charge in [0.2, 0.25) is 0 Å². The monoisotopic (exact) mass is 261 g/mol. The summed E-state index contributed by atoms with van der Waals surface area (Å²) in [5.74, 6) is -1.21. The number of nitrogens with zero attached hydrogens (tertiary/aromatic N) is 2. The predicted molar refractivity (Wildman–Crippen MR) is 66.7 cm³/mol. The van der Waals surface area contributed by atoms with Gasteiger partial charge in [-0.2, -0.15) is 4.73 Å². The molecule has 0 radical (unpaired) electrons. The number of carboxylic acid groups (broad SMARTS) is 1. The number of primary amides is 1. The summed E-state index contributed by atoms with van der Waals surface area (Å²) in [6.45, 7) is 0.461. The summed E-state index contributed by atoms with van der Waals surface area (Å²) >= 11 is 0. The molecule has 0 saturated carbocycles. The van der Waals surface area contributed by atoms with Gasteiger partial charge in [0.15, 0.2) is 5.69 Å². The number of rotatable bonds is 1. The molecule has 98 valence electrons. The number of carbonyl (C=O) groups excluding carboxylic acids is 1. The number of urea groups is 1. The van der Waals surface area contributed by atoms with Gasteiger partial charge >= 0.3 is 12.0 Å². The van der Waals surface area contributed by atoms with E-state index in [9.17, 15) is 14.8 Å². The molecule has 2 aromatic rings. The summed E-state index contributed by atoms with van der Waals surface area (Å²) in [6.07, 6.45) is 0.582. The molecule has 1 aliphatic heterocycles. The van der Waals surface area contributed by atoms with Crippen LogP contribution in [-0.4, -0.2) is 33.6 Å². The molecule has 4 N–H and O–H groups in total. The van der Waals surface area contributed by atoms with E-state index < -0.39 is 12.0 Å². The summed E-state index contributed by atoms with van der Waals surface area (Å²) in [5, 5.41) is 19.4. The number of hydrogen-bond acceptors (Lipinski definition) is 3. The van der Waals surface area contributed by atoms with Crippen molar-refractivity contribution in [3.63, 3.8) is 0 Å². The van der Waals surface area contributed by atoms with Crippen LogP contribution >= 0.6 is 0 Å². The van der Waals surface area contributed by atoms with Gasteiger partial charge in [-0.15, -0.1) is 0 Å². The van der Waals surface area contributed by atoms with Crippen LogP contribution in [0.1, 0.15) is 16.1 Å². The molecule has 7 nitrogen and oxygen atoms in total. The van der Waals surface area contributed by atoms with Gasteiger partial charge in [-0.3, -0.25) is 4.90 Å². The topological polar surface area (TPSA) is 109 Å². The van der Waals surface area contributed by atoms with Crippen LogP contribution in [0.25, 0.3) is 10.9 Å². The van der Waals surface area contributed by atoms with Gasteiger partial charge in [-0.05, 0) is 30.2 Å². The first-order valence-corrected chi connectivity index (χ1v) is 5.67. The summed E-state index contributed by atoms with van der Waals surface area (Å²) < 4.78 is 0.644. The quantitative estimate of drug-likeness (QED) is 0.666. The van der Waals surface area contributed by atoms with Gasteiger partial charge in [0, 0.05) is 17.6 Å². The first-order chi connectivity index (χ1) is 9.00. The largest absolute Gasteiger partial charge is 0.476 e. The lowest BCUT2D eigenvalue weighted by atomic mass is 10.1. The Balaban J connectivity index is 2.27. The fourth-order valence-electron chi connectivity index (χ4n) is 2.56. The van der Waals surface area contributed by atoms with Gasteiger partial charge in [0.05, 0.1) is 5.52 Å². The minimum Gasteiger partial charge on any atom is -0.476 e. The zero-order valence-corrected chi connectivity index (χ0v) is 9.83. The lowest BCUT2D eigenvalue weighted by Gasteiger charge is -2.13. The highest BCUT2D eigenvalue weighted by atomic mass is 16.5. The first kappa shape index (κ1) is 11.4. The third-order valence-electron chi connectivity index (χ3n) is 3.41. The summed E-state index contributed by atoms with van der Waals surface area (Å²) in [5.41, 5.74) is 6.97. The lowest BCUT2D eigenvalue weighted by Crippen LogP contribution is -2.33. The van der Waals surface area contributed by atoms with Crippen LogP contribution in [-0.2, 0) is 6.42 Å². The second-order valence-electron chi connectivity index (χ2n) is 4.38. The van der Waals surface area contributed by atoms with E-state index in [1.807, 2.05) is 0 Å². The van der Waals surface area contributed by atoms with Crippen molar-refractivity contribution in [3.05, 3.63) is 29.5 Å². The van der Waals surface area contributed by atoms with Crippen LogP contribution in [0.3, 0.4) is 0 Å². The molecule has 1 aliphatic rings. The minimum absolute atomic E-state index is 0.207. The van der Waals surface area contributed by atoms with E-state index in [0.717, 1.165) is 5.56 Å². The Labute approximate surface area is 107 Å². The minimum atomic E-state index is -1.21. The maximum absolute atomic E-state index is 11.3. The molecule has 0 aliphatic carbocycles. The van der Waals surface area contributed by atoms with Crippen LogP contribution in [0, 0.1) is 0 Å². The Morgan fingerprint density at radius 2 is 2.05 bits per heavy atom. The highest BCUT2D eigenvalue weighted by molar-refractivity contribution is 6.01. The number of benzene rings is 1. The van der Waals surface area contributed by atoms with Crippen LogP contribution < -0.4 is 10.6 Å². The van der Waals surface area contributed by atoms with Crippen LogP contribution in [0.4, 0.5) is 10.5 Å². The van der Waals surface area contributed by atoms with Crippen molar-refractivity contribution in [3.8, 4) is 0 Å². The van der Waals surface area contributed by atoms with Crippen molar-refractivity contribution in [1.29, 1.82) is 0 Å². The van der Waals surface area contributed by atoms with Gasteiger partial charge in [-0.25, -0.2) is 9.59 Å². The van der Waals surface area contributed by atoms with E-state index in [1.54, 1.807) is 12.1 Å². The Morgan fingerprint density at radius 1 is 1.32 bits per heavy atom. The Morgan fingerprint density at radius 3 is 2.68 bits per heavy atom. The first-order valence-electron chi connectivity index (χ1n) is 5.67. The number of fused-ring (bicyclic) bond motifs is 3. The summed E-state index contributed by atoms with van der Waals surface area (Å²) in [6, 6.07) is 4.09. The predicted octanol–water partition coefficient (Wildman–Crippen LogP) is 1.02. The fourth-order valence-corrected chi connectivity index (χ4v) is 2.56. The van der Waals surface area contributed by atoms with Crippen molar-refractivity contribution in [2.24, 2.45) is 5.73 Å². The maximum Gasteiger partial charge on any atom is 0.356 e. The Hall–Kier alpha value is -2.70. The number of carboxylic acids is 1. The molecule has 0 fully saturated rings. The molecular formula is C12H11N3O4. The molecule has 1 aromatic heterocycles. The third kappa shape index (κ3) is 1.44. The number of amides is 2. The molecule has 0 bridgehead atoms. The van der Waals surface area contributed by atoms with Gasteiger partial charge in [0.1, 0.15) is 0 Å². The van der Waals surface area contributed by atoms with E-state index in [-0.39, 0.29) is 5.69 Å². The van der Waals surface area contributed by atoms with Crippen molar-refractivity contribution in [1.82, 2.24) is 4.73 Å². The van der Waals surface area contributed by atoms with E-state index in [1.165, 1.54) is 11.0 Å². The normalized spacial score (nSPS) is 13.8. The van der Waals surface area contributed by atoms with Crippen LogP contribution in [0.5, 0.6) is 0 Å². The average molecular weight is 261 g/mol. The molecule has 0 saturated heterocycles. The number of aromatic nitrogens is 1. The SMILES string of the molecule is NC(=O)N1CCc2c1ccc1c2cc(C(=O)O)n1O. The smallest absolute Gasteiger partial charge is 0.356 e. The zero-order chi connectivity index (χ0) is 13.7. The number of anilines is 1. The number of aromatic carboxylic acids is 1. The molecule has 0 unspecified atom stereocenters. The van der Waals surface area contributed by atoms with Gasteiger partial charge < -0.3 is 16.0 Å². The van der Waals surface area contributed by atoms with E-state index in [0.29, 0.717) is 34.3 Å². The average Bonchev–Trinajstić information content (AvgIpc) is 2.90. The van der Waals surface area contributed by atoms with Crippen LogP contribution in [0.2, 0.25) is 0 Å². The van der Waals surface area contributed by atoms with Crippen molar-refractivity contribution in [2.45, 2.75) is 6.42 Å². The second-order valence-corrected chi connectivity index (χ2v) is 4.38. The lowest BCUT2D eigenvalue weighted by molar-refractivity contribution is 0.0649. The van der Waals surface area contributed by atoms with E-state index in [2.05, 4.69) is 0 Å². The molecule has 7 heteroatoms. The summed E-state index contributed by atoms with van der Waals surface area (Å²) in [7, 11) is 0. The van der Waals surface area contributed by atoms with Gasteiger partial charge in [-0.1, -0.05) is 0 Å². The summed E-state index contributed by atoms with van der Waals surface area (Å²) in [4.78, 5) is 23.7. The Kier molecular flexibility index (Phi) is 2.19. The fraction of sp³-hybridized carbons (Fsp3) is 0.167. The molecule has 0 spiro atoms. The highest BCUT2D eigenvalue weighted by Crippen LogP contribution is 2.35. The molecule has 0 atom stereocenters. The molecule has 3 rings (SSSR count). The third-order valence-corrected chi connectivity index (χ3v) is 3.41. The van der Waals surface area contributed by atoms with Gasteiger partial charge in [0.25, 0.3) is 0 Å². The Bertz CT molecular complexity index is 719. The molecule has 1 aromatic carbocycles. The zero-order valence-electron chi connectivity index (χ0n) is 9.83. The van der Waals surface area contributed by atoms with Crippen molar-refractivity contribution < 1.29 is 19.9 Å². The standard InChI is InChI=1S/C12H11N3O4/c13-12(18)14-4-3-6-7-5-10(11(16)17)15(19)9(7)2-1-8(6)14/h1-2,5,19H,3-4H2,(H2,13,18)(H,16,17). The number of carbonyl (C=O) groups is 2. The van der Waals surface area contributed by atoms with Crippen molar-refractivity contribution in [2.75, 3.05) is 11.4 Å². The van der Waals surface area contributed by atoms with E-state index >= 15 is 0 Å². The molecule has 2 heterocycles. The second kappa shape index (κ2) is 3.64. The van der Waals surface area contributed by atoms with Crippen molar-refractivity contribution >= 4 is 28.6 Å². The number of hydrogen-bond donors (Lipinski definition) is 3. The van der Waals surface area contributed by atoms with Crippen LogP contribution in [0.15, 0.2) is 18.2 Å². The van der Waals surface area contributed by atoms with E-state index in [4.69, 9.17) is 10.8 Å². The maximum atomic E-state index is 11.3. The highest BCUT2D eigenvalue weighted by Gasteiger charge is 2.27.